The van der Waals surface area contributed by atoms with Crippen molar-refractivity contribution in [1.29, 1.82) is 0 Å². The van der Waals surface area contributed by atoms with E-state index >= 15 is 0 Å². The highest BCUT2D eigenvalue weighted by Gasteiger charge is 2.34. The van der Waals surface area contributed by atoms with E-state index in [0.717, 1.165) is 32.1 Å². The molecule has 0 bridgehead atoms. The summed E-state index contributed by atoms with van der Waals surface area (Å²) in [4.78, 5) is 7.43. The molecule has 3 rings (SSSR count). The van der Waals surface area contributed by atoms with Gasteiger partial charge in [-0.3, -0.25) is 4.90 Å². The summed E-state index contributed by atoms with van der Waals surface area (Å²) in [6.45, 7) is 9.09. The molecule has 1 aliphatic carbocycles. The zero-order valence-electron chi connectivity index (χ0n) is 10.7. The summed E-state index contributed by atoms with van der Waals surface area (Å²) in [5.41, 5.74) is 1.44. The predicted octanol–water partition coefficient (Wildman–Crippen LogP) is 2.16. The first kappa shape index (κ1) is 11.6. The van der Waals surface area contributed by atoms with Gasteiger partial charge in [0.2, 0.25) is 0 Å². The van der Waals surface area contributed by atoms with Crippen molar-refractivity contribution in [2.45, 2.75) is 38.1 Å². The van der Waals surface area contributed by atoms with E-state index < -0.39 is 0 Å². The molecule has 1 aliphatic heterocycles. The van der Waals surface area contributed by atoms with E-state index in [4.69, 9.17) is 4.98 Å². The van der Waals surface area contributed by atoms with Gasteiger partial charge < -0.3 is 5.32 Å². The molecule has 1 aromatic rings. The molecule has 2 aliphatic rings. The number of piperazine rings is 1. The molecule has 2 fully saturated rings. The summed E-state index contributed by atoms with van der Waals surface area (Å²) in [6, 6.07) is 0. The highest BCUT2D eigenvalue weighted by molar-refractivity contribution is 7.09. The Bertz CT molecular complexity index is 389. The average Bonchev–Trinajstić information content (AvgIpc) is 3.08. The number of thiazole rings is 1. The second kappa shape index (κ2) is 4.34. The van der Waals surface area contributed by atoms with Crippen molar-refractivity contribution in [3.05, 3.63) is 16.1 Å². The standard InChI is InChI=1S/C13H21N3S/c1-13(2,16-7-5-14-6-8-16)12-15-11(9-17-12)10-3-4-10/h9-10,14H,3-8H2,1-2H3. The van der Waals surface area contributed by atoms with E-state index in [1.54, 1.807) is 0 Å². The van der Waals surface area contributed by atoms with Crippen LogP contribution in [-0.4, -0.2) is 36.1 Å². The lowest BCUT2D eigenvalue weighted by Crippen LogP contribution is -2.51. The molecule has 0 aromatic carbocycles. The number of nitrogens with one attached hydrogen (secondary N) is 1. The van der Waals surface area contributed by atoms with E-state index in [0.29, 0.717) is 0 Å². The van der Waals surface area contributed by atoms with Crippen LogP contribution in [0.4, 0.5) is 0 Å². The van der Waals surface area contributed by atoms with Gasteiger partial charge in [0.1, 0.15) is 5.01 Å². The molecule has 3 nitrogen and oxygen atoms in total. The Kier molecular flexibility index (Phi) is 2.97. The van der Waals surface area contributed by atoms with Crippen LogP contribution < -0.4 is 5.32 Å². The minimum atomic E-state index is 0.0971. The van der Waals surface area contributed by atoms with Gasteiger partial charge in [-0.2, -0.15) is 0 Å². The van der Waals surface area contributed by atoms with Crippen LogP contribution in [0.15, 0.2) is 5.38 Å². The van der Waals surface area contributed by atoms with Gasteiger partial charge in [0.05, 0.1) is 11.2 Å². The van der Waals surface area contributed by atoms with Crippen LogP contribution in [0, 0.1) is 0 Å². The first-order chi connectivity index (χ1) is 8.18. The van der Waals surface area contributed by atoms with Crippen molar-refractivity contribution in [1.82, 2.24) is 15.2 Å². The summed E-state index contributed by atoms with van der Waals surface area (Å²) in [5.74, 6) is 0.777. The van der Waals surface area contributed by atoms with Crippen LogP contribution in [0.25, 0.3) is 0 Å². The molecule has 0 atom stereocenters. The molecule has 1 aromatic heterocycles. The van der Waals surface area contributed by atoms with Crippen LogP contribution in [0.5, 0.6) is 0 Å². The molecule has 2 heterocycles. The van der Waals surface area contributed by atoms with E-state index in [1.165, 1.54) is 23.5 Å². The van der Waals surface area contributed by atoms with Crippen molar-refractivity contribution in [2.24, 2.45) is 0 Å². The summed E-state index contributed by atoms with van der Waals surface area (Å²) in [5, 5.41) is 6.98. The van der Waals surface area contributed by atoms with Crippen LogP contribution in [0.1, 0.15) is 43.3 Å². The maximum absolute atomic E-state index is 4.88. The smallest absolute Gasteiger partial charge is 0.113 e. The highest BCUT2D eigenvalue weighted by atomic mass is 32.1. The minimum Gasteiger partial charge on any atom is -0.314 e. The van der Waals surface area contributed by atoms with Gasteiger partial charge >= 0.3 is 0 Å². The average molecular weight is 251 g/mol. The van der Waals surface area contributed by atoms with Crippen molar-refractivity contribution >= 4 is 11.3 Å². The van der Waals surface area contributed by atoms with E-state index in [1.807, 2.05) is 11.3 Å². The lowest BCUT2D eigenvalue weighted by atomic mass is 10.0. The van der Waals surface area contributed by atoms with Crippen molar-refractivity contribution in [2.75, 3.05) is 26.2 Å². The SMILES string of the molecule is CC(C)(c1nc(C2CC2)cs1)N1CCNCC1. The molecular weight excluding hydrogens is 230 g/mol. The fraction of sp³-hybridized carbons (Fsp3) is 0.769. The molecular formula is C13H21N3S. The molecule has 94 valence electrons. The Hall–Kier alpha value is -0.450. The van der Waals surface area contributed by atoms with Crippen molar-refractivity contribution in [3.8, 4) is 0 Å². The van der Waals surface area contributed by atoms with Gasteiger partial charge in [-0.25, -0.2) is 4.98 Å². The van der Waals surface area contributed by atoms with Crippen LogP contribution in [-0.2, 0) is 5.54 Å². The van der Waals surface area contributed by atoms with Crippen LogP contribution >= 0.6 is 11.3 Å². The maximum atomic E-state index is 4.88. The molecule has 0 spiro atoms. The Morgan fingerprint density at radius 3 is 2.71 bits per heavy atom. The lowest BCUT2D eigenvalue weighted by molar-refractivity contribution is 0.102. The predicted molar refractivity (Wildman–Crippen MR) is 71.6 cm³/mol. The molecule has 4 heteroatoms. The van der Waals surface area contributed by atoms with E-state index in [9.17, 15) is 0 Å². The molecule has 1 N–H and O–H groups in total. The van der Waals surface area contributed by atoms with Crippen LogP contribution in [0.2, 0.25) is 0 Å². The second-order valence-corrected chi connectivity index (χ2v) is 6.51. The van der Waals surface area contributed by atoms with Crippen molar-refractivity contribution < 1.29 is 0 Å². The monoisotopic (exact) mass is 251 g/mol. The number of rotatable bonds is 3. The van der Waals surface area contributed by atoms with Crippen LogP contribution in [0.3, 0.4) is 0 Å². The van der Waals surface area contributed by atoms with E-state index in [-0.39, 0.29) is 5.54 Å². The van der Waals surface area contributed by atoms with E-state index in [2.05, 4.69) is 29.4 Å². The number of aromatic nitrogens is 1. The number of nitrogens with zero attached hydrogens (tertiary/aromatic N) is 2. The molecule has 0 unspecified atom stereocenters. The topological polar surface area (TPSA) is 28.2 Å². The summed E-state index contributed by atoms with van der Waals surface area (Å²) in [6.07, 6.45) is 2.69. The first-order valence-corrected chi connectivity index (χ1v) is 7.47. The van der Waals surface area contributed by atoms with Crippen molar-refractivity contribution in [3.63, 3.8) is 0 Å². The fourth-order valence-corrected chi connectivity index (χ4v) is 3.55. The second-order valence-electron chi connectivity index (χ2n) is 5.65. The Morgan fingerprint density at radius 2 is 2.06 bits per heavy atom. The summed E-state index contributed by atoms with van der Waals surface area (Å²) < 4.78 is 0. The number of hydrogen-bond acceptors (Lipinski definition) is 4. The largest absolute Gasteiger partial charge is 0.314 e. The minimum absolute atomic E-state index is 0.0971. The Labute approximate surface area is 107 Å². The first-order valence-electron chi connectivity index (χ1n) is 6.59. The summed E-state index contributed by atoms with van der Waals surface area (Å²) >= 11 is 1.85. The third kappa shape index (κ3) is 2.26. The van der Waals surface area contributed by atoms with Gasteiger partial charge in [-0.05, 0) is 26.7 Å². The molecule has 17 heavy (non-hydrogen) atoms. The fourth-order valence-electron chi connectivity index (χ4n) is 2.49. The number of hydrogen-bond donors (Lipinski definition) is 1. The van der Waals surface area contributed by atoms with Gasteiger partial charge in [0.25, 0.3) is 0 Å². The lowest BCUT2D eigenvalue weighted by Gasteiger charge is -2.39. The molecule has 0 radical (unpaired) electrons. The quantitative estimate of drug-likeness (QED) is 0.892. The Balaban J connectivity index is 1.78. The molecule has 1 saturated carbocycles. The third-order valence-electron chi connectivity index (χ3n) is 3.95. The zero-order chi connectivity index (χ0) is 11.9. The zero-order valence-corrected chi connectivity index (χ0v) is 11.5. The molecule has 1 saturated heterocycles. The normalized spacial score (nSPS) is 22.9. The van der Waals surface area contributed by atoms with Gasteiger partial charge in [-0.1, -0.05) is 0 Å². The van der Waals surface area contributed by atoms with Gasteiger partial charge in [-0.15, -0.1) is 11.3 Å². The Morgan fingerprint density at radius 1 is 1.35 bits per heavy atom. The molecule has 0 amide bonds. The summed E-state index contributed by atoms with van der Waals surface area (Å²) in [7, 11) is 0. The highest BCUT2D eigenvalue weighted by Crippen LogP contribution is 2.42. The van der Waals surface area contributed by atoms with Gasteiger partial charge in [0, 0.05) is 37.5 Å². The van der Waals surface area contributed by atoms with Gasteiger partial charge in [0.15, 0.2) is 0 Å². The maximum Gasteiger partial charge on any atom is 0.113 e. The third-order valence-corrected chi connectivity index (χ3v) is 5.12.